The minimum Gasteiger partial charge on any atom is -0.342 e. The van der Waals surface area contributed by atoms with E-state index in [0.717, 1.165) is 17.7 Å². The van der Waals surface area contributed by atoms with E-state index in [4.69, 9.17) is 0 Å². The van der Waals surface area contributed by atoms with Crippen LogP contribution in [0.25, 0.3) is 5.69 Å². The third kappa shape index (κ3) is 4.93. The van der Waals surface area contributed by atoms with Gasteiger partial charge in [0.2, 0.25) is 5.91 Å². The SMILES string of the molecule is CC(=O)N(C)Cc1ccccc1NC(=O)c1cnn(-c2cccc(C(F)(F)F)c2)c1C. The van der Waals surface area contributed by atoms with Gasteiger partial charge in [-0.2, -0.15) is 18.3 Å². The third-order valence-electron chi connectivity index (χ3n) is 4.88. The van der Waals surface area contributed by atoms with Crippen molar-refractivity contribution in [1.82, 2.24) is 14.7 Å². The summed E-state index contributed by atoms with van der Waals surface area (Å²) < 4.78 is 40.4. The van der Waals surface area contributed by atoms with Crippen LogP contribution in [-0.2, 0) is 17.5 Å². The average molecular weight is 430 g/mol. The second-order valence-corrected chi connectivity index (χ2v) is 7.09. The lowest BCUT2D eigenvalue weighted by atomic mass is 10.1. The van der Waals surface area contributed by atoms with E-state index in [0.29, 0.717) is 17.9 Å². The van der Waals surface area contributed by atoms with Gasteiger partial charge in [0.15, 0.2) is 0 Å². The maximum Gasteiger partial charge on any atom is 0.416 e. The normalized spacial score (nSPS) is 11.3. The summed E-state index contributed by atoms with van der Waals surface area (Å²) in [4.78, 5) is 25.9. The molecule has 0 spiro atoms. The zero-order chi connectivity index (χ0) is 22.8. The number of benzene rings is 2. The molecule has 0 saturated heterocycles. The predicted molar refractivity (Wildman–Crippen MR) is 110 cm³/mol. The van der Waals surface area contributed by atoms with E-state index >= 15 is 0 Å². The highest BCUT2D eigenvalue weighted by molar-refractivity contribution is 6.05. The van der Waals surface area contributed by atoms with Gasteiger partial charge in [0.05, 0.1) is 28.7 Å². The first-order valence-corrected chi connectivity index (χ1v) is 9.41. The summed E-state index contributed by atoms with van der Waals surface area (Å²) in [6.45, 7) is 3.37. The summed E-state index contributed by atoms with van der Waals surface area (Å²) in [7, 11) is 1.66. The van der Waals surface area contributed by atoms with Crippen molar-refractivity contribution in [3.8, 4) is 5.69 Å². The van der Waals surface area contributed by atoms with Crippen molar-refractivity contribution in [2.75, 3.05) is 12.4 Å². The molecule has 0 aliphatic heterocycles. The molecule has 1 aromatic heterocycles. The van der Waals surface area contributed by atoms with E-state index in [1.165, 1.54) is 34.8 Å². The van der Waals surface area contributed by atoms with Crippen LogP contribution >= 0.6 is 0 Å². The van der Waals surface area contributed by atoms with Gasteiger partial charge in [0, 0.05) is 26.2 Å². The molecule has 3 aromatic rings. The summed E-state index contributed by atoms with van der Waals surface area (Å²) in [6, 6.07) is 11.8. The second kappa shape index (κ2) is 8.63. The predicted octanol–water partition coefficient (Wildman–Crippen LogP) is 4.43. The lowest BCUT2D eigenvalue weighted by Gasteiger charge is -2.18. The minimum absolute atomic E-state index is 0.112. The fourth-order valence-corrected chi connectivity index (χ4v) is 3.04. The van der Waals surface area contributed by atoms with Gasteiger partial charge in [0.1, 0.15) is 0 Å². The Bertz CT molecular complexity index is 1120. The van der Waals surface area contributed by atoms with E-state index in [2.05, 4.69) is 10.4 Å². The molecule has 0 radical (unpaired) electrons. The number of carbonyl (C=O) groups excluding carboxylic acids is 2. The molecule has 0 unspecified atom stereocenters. The molecular weight excluding hydrogens is 409 g/mol. The Morgan fingerprint density at radius 1 is 1.13 bits per heavy atom. The van der Waals surface area contributed by atoms with Crippen molar-refractivity contribution in [2.45, 2.75) is 26.6 Å². The summed E-state index contributed by atoms with van der Waals surface area (Å²) in [5.74, 6) is -0.562. The molecule has 0 aliphatic carbocycles. The number of nitrogens with one attached hydrogen (secondary N) is 1. The number of anilines is 1. The molecule has 2 amide bonds. The third-order valence-corrected chi connectivity index (χ3v) is 4.88. The van der Waals surface area contributed by atoms with Gasteiger partial charge in [-0.1, -0.05) is 24.3 Å². The smallest absolute Gasteiger partial charge is 0.342 e. The van der Waals surface area contributed by atoms with Crippen molar-refractivity contribution >= 4 is 17.5 Å². The molecule has 2 aromatic carbocycles. The van der Waals surface area contributed by atoms with Crippen molar-refractivity contribution in [1.29, 1.82) is 0 Å². The molecule has 1 N–H and O–H groups in total. The first-order chi connectivity index (χ1) is 14.6. The van der Waals surface area contributed by atoms with Crippen LogP contribution in [0.4, 0.5) is 18.9 Å². The molecule has 162 valence electrons. The summed E-state index contributed by atoms with van der Waals surface area (Å²) >= 11 is 0. The number of carbonyl (C=O) groups is 2. The molecule has 0 atom stereocenters. The topological polar surface area (TPSA) is 67.2 Å². The van der Waals surface area contributed by atoms with Crippen LogP contribution in [-0.4, -0.2) is 33.5 Å². The number of rotatable bonds is 5. The number of halogens is 3. The summed E-state index contributed by atoms with van der Waals surface area (Å²) in [5.41, 5.74) is 1.31. The monoisotopic (exact) mass is 430 g/mol. The maximum atomic E-state index is 13.0. The van der Waals surface area contributed by atoms with Crippen molar-refractivity contribution < 1.29 is 22.8 Å². The zero-order valence-electron chi connectivity index (χ0n) is 17.2. The molecule has 0 bridgehead atoms. The summed E-state index contributed by atoms with van der Waals surface area (Å²) in [5, 5.41) is 6.90. The van der Waals surface area contributed by atoms with E-state index < -0.39 is 17.6 Å². The van der Waals surface area contributed by atoms with Gasteiger partial charge in [-0.05, 0) is 36.8 Å². The van der Waals surface area contributed by atoms with Crippen molar-refractivity contribution in [3.63, 3.8) is 0 Å². The minimum atomic E-state index is -4.48. The fraction of sp³-hybridized carbons (Fsp3) is 0.227. The quantitative estimate of drug-likeness (QED) is 0.651. The molecular formula is C22H21F3N4O2. The van der Waals surface area contributed by atoms with Crippen LogP contribution in [0.5, 0.6) is 0 Å². The molecule has 9 heteroatoms. The lowest BCUT2D eigenvalue weighted by Crippen LogP contribution is -2.24. The molecule has 6 nitrogen and oxygen atoms in total. The van der Waals surface area contributed by atoms with Crippen LogP contribution in [0.1, 0.15) is 34.1 Å². The van der Waals surface area contributed by atoms with Gasteiger partial charge >= 0.3 is 6.18 Å². The number of hydrogen-bond donors (Lipinski definition) is 1. The molecule has 31 heavy (non-hydrogen) atoms. The largest absolute Gasteiger partial charge is 0.416 e. The molecule has 0 aliphatic rings. The standard InChI is InChI=1S/C22H21F3N4O2/c1-14-19(12-26-29(14)18-9-6-8-17(11-18)22(23,24)25)21(31)27-20-10-5-4-7-16(20)13-28(3)15(2)30/h4-12H,13H2,1-3H3,(H,27,31). The highest BCUT2D eigenvalue weighted by Gasteiger charge is 2.30. The molecule has 1 heterocycles. The van der Waals surface area contributed by atoms with Crippen LogP contribution in [0.2, 0.25) is 0 Å². The highest BCUT2D eigenvalue weighted by atomic mass is 19.4. The van der Waals surface area contributed by atoms with Crippen LogP contribution < -0.4 is 5.32 Å². The van der Waals surface area contributed by atoms with Gasteiger partial charge in [0.25, 0.3) is 5.91 Å². The Morgan fingerprint density at radius 2 is 1.84 bits per heavy atom. The van der Waals surface area contributed by atoms with Crippen LogP contribution in [0, 0.1) is 6.92 Å². The van der Waals surface area contributed by atoms with E-state index in [9.17, 15) is 22.8 Å². The van der Waals surface area contributed by atoms with Gasteiger partial charge in [-0.3, -0.25) is 9.59 Å². The van der Waals surface area contributed by atoms with Crippen molar-refractivity contribution in [3.05, 3.63) is 77.1 Å². The van der Waals surface area contributed by atoms with Gasteiger partial charge in [-0.15, -0.1) is 0 Å². The Hall–Kier alpha value is -3.62. The number of aromatic nitrogens is 2. The number of amides is 2. The maximum absolute atomic E-state index is 13.0. The van der Waals surface area contributed by atoms with E-state index in [-0.39, 0.29) is 17.2 Å². The Morgan fingerprint density at radius 3 is 2.52 bits per heavy atom. The number of hydrogen-bond acceptors (Lipinski definition) is 3. The van der Waals surface area contributed by atoms with Crippen LogP contribution in [0.15, 0.2) is 54.7 Å². The Balaban J connectivity index is 1.86. The average Bonchev–Trinajstić information content (AvgIpc) is 3.10. The Labute approximate surface area is 177 Å². The number of nitrogens with zero attached hydrogens (tertiary/aromatic N) is 3. The molecule has 0 saturated carbocycles. The highest BCUT2D eigenvalue weighted by Crippen LogP contribution is 2.30. The Kier molecular flexibility index (Phi) is 6.14. The molecule has 3 rings (SSSR count). The second-order valence-electron chi connectivity index (χ2n) is 7.09. The van der Waals surface area contributed by atoms with Gasteiger partial charge < -0.3 is 10.2 Å². The first kappa shape index (κ1) is 22.1. The lowest BCUT2D eigenvalue weighted by molar-refractivity contribution is -0.137. The molecule has 0 fully saturated rings. The first-order valence-electron chi connectivity index (χ1n) is 9.41. The number of para-hydroxylation sites is 1. The van der Waals surface area contributed by atoms with Crippen molar-refractivity contribution in [2.24, 2.45) is 0 Å². The van der Waals surface area contributed by atoms with E-state index in [1.807, 2.05) is 0 Å². The number of alkyl halides is 3. The summed E-state index contributed by atoms with van der Waals surface area (Å²) in [6.07, 6.45) is -3.16. The fourth-order valence-electron chi connectivity index (χ4n) is 3.04. The zero-order valence-corrected chi connectivity index (χ0v) is 17.2. The van der Waals surface area contributed by atoms with E-state index in [1.54, 1.807) is 38.2 Å². The van der Waals surface area contributed by atoms with Gasteiger partial charge in [-0.25, -0.2) is 4.68 Å². The van der Waals surface area contributed by atoms with Crippen LogP contribution in [0.3, 0.4) is 0 Å².